The van der Waals surface area contributed by atoms with Crippen LogP contribution in [0.2, 0.25) is 0 Å². The molecule has 0 bridgehead atoms. The topological polar surface area (TPSA) is 55.1 Å². The van der Waals surface area contributed by atoms with E-state index in [9.17, 15) is 13.6 Å². The molecule has 0 saturated carbocycles. The molecule has 0 unspecified atom stereocenters. The van der Waals surface area contributed by atoms with Crippen molar-refractivity contribution in [3.05, 3.63) is 35.4 Å². The van der Waals surface area contributed by atoms with Crippen molar-refractivity contribution < 1.29 is 13.6 Å². The minimum atomic E-state index is -0.736. The van der Waals surface area contributed by atoms with Crippen molar-refractivity contribution >= 4 is 5.91 Å². The number of carbonyl (C=O) groups is 1. The number of nitrogens with one attached hydrogen (secondary N) is 1. The fourth-order valence-corrected chi connectivity index (χ4v) is 1.59. The Morgan fingerprint density at radius 1 is 1.15 bits per heavy atom. The van der Waals surface area contributed by atoms with Crippen LogP contribution in [0.4, 0.5) is 8.78 Å². The van der Waals surface area contributed by atoms with Crippen LogP contribution in [0.1, 0.15) is 33.3 Å². The van der Waals surface area contributed by atoms with Crippen molar-refractivity contribution in [3.8, 4) is 0 Å². The number of amides is 1. The van der Waals surface area contributed by atoms with E-state index in [1.807, 2.05) is 0 Å². The van der Waals surface area contributed by atoms with Crippen molar-refractivity contribution in [2.24, 2.45) is 11.1 Å². The first-order chi connectivity index (χ1) is 9.04. The molecular formula is C15H22F2N2O. The molecule has 0 heterocycles. The Morgan fingerprint density at radius 3 is 2.10 bits per heavy atom. The van der Waals surface area contributed by atoms with Crippen molar-refractivity contribution in [2.45, 2.75) is 39.7 Å². The Labute approximate surface area is 118 Å². The number of carbonyl (C=O) groups excluding carboxylic acids is 1. The highest BCUT2D eigenvalue weighted by Crippen LogP contribution is 2.28. The summed E-state index contributed by atoms with van der Waals surface area (Å²) in [6.07, 6.45) is 0.363. The minimum Gasteiger partial charge on any atom is -0.355 e. The fraction of sp³-hybridized carbons (Fsp3) is 0.533. The van der Waals surface area contributed by atoms with Crippen LogP contribution in [-0.2, 0) is 11.2 Å². The van der Waals surface area contributed by atoms with E-state index in [1.54, 1.807) is 27.7 Å². The summed E-state index contributed by atoms with van der Waals surface area (Å²) in [6, 6.07) is 3.34. The Balaban J connectivity index is 2.58. The van der Waals surface area contributed by atoms with Crippen molar-refractivity contribution in [2.75, 3.05) is 6.54 Å². The largest absolute Gasteiger partial charge is 0.355 e. The molecule has 5 heteroatoms. The smallest absolute Gasteiger partial charge is 0.227 e. The highest BCUT2D eigenvalue weighted by molar-refractivity contribution is 5.83. The van der Waals surface area contributed by atoms with Gasteiger partial charge in [-0.05, 0) is 51.8 Å². The summed E-state index contributed by atoms with van der Waals surface area (Å²) in [5.74, 6) is -1.41. The van der Waals surface area contributed by atoms with Crippen LogP contribution in [0.3, 0.4) is 0 Å². The van der Waals surface area contributed by atoms with Crippen LogP contribution in [0.5, 0.6) is 0 Å². The Kier molecular flexibility index (Phi) is 4.86. The maximum Gasteiger partial charge on any atom is 0.227 e. The Morgan fingerprint density at radius 2 is 1.65 bits per heavy atom. The second-order valence-corrected chi connectivity index (χ2v) is 6.13. The number of hydrogen-bond donors (Lipinski definition) is 2. The van der Waals surface area contributed by atoms with E-state index in [2.05, 4.69) is 5.32 Å². The van der Waals surface area contributed by atoms with Crippen LogP contribution in [0, 0.1) is 17.0 Å². The summed E-state index contributed by atoms with van der Waals surface area (Å²) in [6.45, 7) is 7.42. The number of benzene rings is 1. The molecule has 1 rings (SSSR count). The first kappa shape index (κ1) is 16.6. The zero-order valence-corrected chi connectivity index (χ0v) is 12.4. The molecule has 0 fully saturated rings. The van der Waals surface area contributed by atoms with E-state index < -0.39 is 22.6 Å². The quantitative estimate of drug-likeness (QED) is 0.872. The first-order valence-corrected chi connectivity index (χ1v) is 6.56. The summed E-state index contributed by atoms with van der Waals surface area (Å²) in [4.78, 5) is 12.1. The summed E-state index contributed by atoms with van der Waals surface area (Å²) in [5, 5.41) is 2.75. The number of rotatable bonds is 5. The highest BCUT2D eigenvalue weighted by atomic mass is 19.1. The molecule has 0 aliphatic carbocycles. The van der Waals surface area contributed by atoms with Gasteiger partial charge in [0.25, 0.3) is 0 Å². The van der Waals surface area contributed by atoms with Crippen LogP contribution in [-0.4, -0.2) is 18.0 Å². The van der Waals surface area contributed by atoms with E-state index in [4.69, 9.17) is 5.73 Å². The second-order valence-electron chi connectivity index (χ2n) is 6.13. The first-order valence-electron chi connectivity index (χ1n) is 6.56. The molecule has 3 N–H and O–H groups in total. The lowest BCUT2D eigenvalue weighted by Crippen LogP contribution is -2.55. The Hall–Kier alpha value is -1.49. The molecule has 0 radical (unpaired) electrons. The van der Waals surface area contributed by atoms with Gasteiger partial charge in [-0.15, -0.1) is 0 Å². The molecule has 20 heavy (non-hydrogen) atoms. The lowest BCUT2D eigenvalue weighted by atomic mass is 9.74. The predicted molar refractivity (Wildman–Crippen MR) is 75.1 cm³/mol. The number of hydrogen-bond acceptors (Lipinski definition) is 2. The average molecular weight is 284 g/mol. The lowest BCUT2D eigenvalue weighted by molar-refractivity contribution is -0.132. The summed E-state index contributed by atoms with van der Waals surface area (Å²) in [5.41, 5.74) is 5.08. The second kappa shape index (κ2) is 5.87. The summed E-state index contributed by atoms with van der Waals surface area (Å²) < 4.78 is 26.0. The number of halogens is 2. The lowest BCUT2D eigenvalue weighted by Gasteiger charge is -2.36. The molecule has 1 aromatic rings. The molecule has 1 aromatic carbocycles. The van der Waals surface area contributed by atoms with Gasteiger partial charge >= 0.3 is 0 Å². The summed E-state index contributed by atoms with van der Waals surface area (Å²) in [7, 11) is 0. The predicted octanol–water partition coefficient (Wildman–Crippen LogP) is 2.39. The maximum atomic E-state index is 13.0. The molecular weight excluding hydrogens is 262 g/mol. The van der Waals surface area contributed by atoms with Crippen LogP contribution >= 0.6 is 0 Å². The van der Waals surface area contributed by atoms with Gasteiger partial charge in [-0.25, -0.2) is 8.78 Å². The van der Waals surface area contributed by atoms with Crippen LogP contribution in [0.15, 0.2) is 18.2 Å². The molecule has 1 amide bonds. The molecule has 0 aliphatic heterocycles. The van der Waals surface area contributed by atoms with Gasteiger partial charge in [0.15, 0.2) is 0 Å². The van der Waals surface area contributed by atoms with Crippen LogP contribution < -0.4 is 11.1 Å². The molecule has 0 aliphatic rings. The van der Waals surface area contributed by atoms with Gasteiger partial charge < -0.3 is 11.1 Å². The molecule has 0 aromatic heterocycles. The molecule has 3 nitrogen and oxygen atoms in total. The molecule has 112 valence electrons. The third-order valence-electron chi connectivity index (χ3n) is 3.80. The molecule has 0 spiro atoms. The fourth-order valence-electron chi connectivity index (χ4n) is 1.59. The van der Waals surface area contributed by atoms with Crippen molar-refractivity contribution in [1.82, 2.24) is 5.32 Å². The van der Waals surface area contributed by atoms with Crippen molar-refractivity contribution in [3.63, 3.8) is 0 Å². The average Bonchev–Trinajstić information content (AvgIpc) is 2.25. The number of nitrogens with two attached hydrogens (primary N) is 1. The van der Waals surface area contributed by atoms with E-state index in [0.29, 0.717) is 18.5 Å². The van der Waals surface area contributed by atoms with Gasteiger partial charge in [0, 0.05) is 18.2 Å². The molecule has 0 saturated heterocycles. The normalized spacial score (nSPS) is 12.3. The van der Waals surface area contributed by atoms with E-state index >= 15 is 0 Å². The SMILES string of the molecule is CC(C)(N)C(C)(C)C(=O)NCCc1cc(F)cc(F)c1. The zero-order chi connectivity index (χ0) is 15.6. The summed E-state index contributed by atoms with van der Waals surface area (Å²) >= 11 is 0. The maximum absolute atomic E-state index is 13.0. The van der Waals surface area contributed by atoms with Gasteiger partial charge in [0.05, 0.1) is 5.41 Å². The van der Waals surface area contributed by atoms with Gasteiger partial charge in [-0.1, -0.05) is 0 Å². The third kappa shape index (κ3) is 4.00. The third-order valence-corrected chi connectivity index (χ3v) is 3.80. The van der Waals surface area contributed by atoms with E-state index in [1.165, 1.54) is 12.1 Å². The Bertz CT molecular complexity index is 473. The zero-order valence-electron chi connectivity index (χ0n) is 12.4. The monoisotopic (exact) mass is 284 g/mol. The van der Waals surface area contributed by atoms with Gasteiger partial charge in [-0.3, -0.25) is 4.79 Å². The molecule has 0 atom stereocenters. The van der Waals surface area contributed by atoms with E-state index in [-0.39, 0.29) is 5.91 Å². The van der Waals surface area contributed by atoms with Gasteiger partial charge in [0.2, 0.25) is 5.91 Å². The van der Waals surface area contributed by atoms with E-state index in [0.717, 1.165) is 6.07 Å². The van der Waals surface area contributed by atoms with Crippen molar-refractivity contribution in [1.29, 1.82) is 0 Å². The van der Waals surface area contributed by atoms with Gasteiger partial charge in [-0.2, -0.15) is 0 Å². The highest BCUT2D eigenvalue weighted by Gasteiger charge is 2.40. The minimum absolute atomic E-state index is 0.179. The standard InChI is InChI=1S/C15H22F2N2O/c1-14(2,15(3,4)18)13(20)19-6-5-10-7-11(16)9-12(17)8-10/h7-9H,5-6,18H2,1-4H3,(H,19,20). The van der Waals surface area contributed by atoms with Gasteiger partial charge in [0.1, 0.15) is 11.6 Å². The van der Waals surface area contributed by atoms with Crippen LogP contribution in [0.25, 0.3) is 0 Å².